The van der Waals surface area contributed by atoms with Crippen LogP contribution in [0.25, 0.3) is 0 Å². The second-order valence-electron chi connectivity index (χ2n) is 8.31. The van der Waals surface area contributed by atoms with Gasteiger partial charge in [-0.2, -0.15) is 22.0 Å². The zero-order chi connectivity index (χ0) is 28.5. The minimum absolute atomic E-state index is 0.125. The van der Waals surface area contributed by atoms with Gasteiger partial charge in [0.05, 0.1) is 35.8 Å². The predicted octanol–water partition coefficient (Wildman–Crippen LogP) is 4.94. The lowest BCUT2D eigenvalue weighted by Crippen LogP contribution is -2.48. The molecule has 14 heteroatoms. The van der Waals surface area contributed by atoms with Crippen molar-refractivity contribution < 1.29 is 46.5 Å². The Morgan fingerprint density at radius 3 is 2.34 bits per heavy atom. The highest BCUT2D eigenvalue weighted by molar-refractivity contribution is 6.33. The van der Waals surface area contributed by atoms with Gasteiger partial charge in [0.25, 0.3) is 0 Å². The number of fused-ring (bicyclic) bond motifs is 1. The fraction of sp³-hybridized carbons (Fsp3) is 0.458. The molecule has 0 spiro atoms. The fourth-order valence-electron chi connectivity index (χ4n) is 3.46. The number of alkyl halides is 5. The van der Waals surface area contributed by atoms with E-state index in [2.05, 4.69) is 15.6 Å². The number of rotatable bonds is 9. The largest absolute Gasteiger partial charge is 0.484 e. The van der Waals surface area contributed by atoms with Crippen molar-refractivity contribution in [3.63, 3.8) is 0 Å². The molecule has 1 unspecified atom stereocenters. The number of hydrogen-bond donors (Lipinski definition) is 4. The van der Waals surface area contributed by atoms with E-state index >= 15 is 0 Å². The molecule has 1 aliphatic heterocycles. The first kappa shape index (κ1) is 31.0. The van der Waals surface area contributed by atoms with Gasteiger partial charge in [0.2, 0.25) is 0 Å². The van der Waals surface area contributed by atoms with Gasteiger partial charge in [-0.25, -0.2) is 0 Å². The summed E-state index contributed by atoms with van der Waals surface area (Å²) in [5, 5.41) is 22.9. The smallest absolute Gasteiger partial charge is 0.457 e. The normalized spacial score (nSPS) is 14.3. The molecule has 3 rings (SSSR count). The van der Waals surface area contributed by atoms with Crippen LogP contribution in [-0.4, -0.2) is 58.4 Å². The van der Waals surface area contributed by atoms with Gasteiger partial charge in [-0.3, -0.25) is 14.6 Å². The van der Waals surface area contributed by atoms with E-state index in [-0.39, 0.29) is 25.1 Å². The van der Waals surface area contributed by atoms with Gasteiger partial charge < -0.3 is 25.6 Å². The summed E-state index contributed by atoms with van der Waals surface area (Å²) < 4.78 is 69.2. The minimum atomic E-state index is -5.69. The number of carboxylic acid groups (broad SMARTS) is 2. The molecule has 0 saturated carbocycles. The average Bonchev–Trinajstić information content (AvgIpc) is 3.08. The molecule has 4 N–H and O–H groups in total. The summed E-state index contributed by atoms with van der Waals surface area (Å²) in [6.45, 7) is 2.56. The SMILES string of the molecule is CC(Oc1ccnc(CNc2c(Cl)ccc3c2CCNCC3)c1)C(F)(F)C(F)(F)F.O=C(O)CCC(=O)O. The van der Waals surface area contributed by atoms with Crippen LogP contribution in [0.1, 0.15) is 36.6 Å². The summed E-state index contributed by atoms with van der Waals surface area (Å²) in [5.41, 5.74) is 3.46. The maximum Gasteiger partial charge on any atom is 0.457 e. The van der Waals surface area contributed by atoms with E-state index in [0.29, 0.717) is 17.6 Å². The molecule has 38 heavy (non-hydrogen) atoms. The highest BCUT2D eigenvalue weighted by atomic mass is 35.5. The van der Waals surface area contributed by atoms with E-state index < -0.39 is 30.1 Å². The Balaban J connectivity index is 0.000000550. The number of carbonyl (C=O) groups is 2. The number of nitrogens with zero attached hydrogens (tertiary/aromatic N) is 1. The molecule has 2 aromatic rings. The number of aliphatic carboxylic acids is 2. The van der Waals surface area contributed by atoms with Crippen LogP contribution in [0.4, 0.5) is 27.6 Å². The van der Waals surface area contributed by atoms with E-state index in [4.69, 9.17) is 26.6 Å². The summed E-state index contributed by atoms with van der Waals surface area (Å²) in [6.07, 6.45) is -5.72. The molecule has 1 aromatic carbocycles. The number of anilines is 1. The quantitative estimate of drug-likeness (QED) is 0.315. The number of hydrogen-bond acceptors (Lipinski definition) is 6. The average molecular weight is 568 g/mol. The molecule has 0 amide bonds. The van der Waals surface area contributed by atoms with E-state index in [1.807, 2.05) is 12.1 Å². The fourth-order valence-corrected chi connectivity index (χ4v) is 3.71. The first-order valence-corrected chi connectivity index (χ1v) is 11.8. The van der Waals surface area contributed by atoms with Gasteiger partial charge in [-0.1, -0.05) is 17.7 Å². The van der Waals surface area contributed by atoms with Gasteiger partial charge in [0, 0.05) is 12.3 Å². The summed E-state index contributed by atoms with van der Waals surface area (Å²) in [4.78, 5) is 23.4. The van der Waals surface area contributed by atoms with Crippen molar-refractivity contribution in [3.05, 3.63) is 52.3 Å². The summed E-state index contributed by atoms with van der Waals surface area (Å²) >= 11 is 6.36. The van der Waals surface area contributed by atoms with Gasteiger partial charge in [0.15, 0.2) is 6.10 Å². The lowest BCUT2D eigenvalue weighted by atomic mass is 10.0. The molecular weight excluding hydrogens is 541 g/mol. The van der Waals surface area contributed by atoms with Gasteiger partial charge in [-0.15, -0.1) is 0 Å². The number of pyridine rings is 1. The number of ether oxygens (including phenoxy) is 1. The van der Waals surface area contributed by atoms with Crippen molar-refractivity contribution in [2.24, 2.45) is 0 Å². The van der Waals surface area contributed by atoms with Crippen LogP contribution in [0.2, 0.25) is 5.02 Å². The van der Waals surface area contributed by atoms with Crippen LogP contribution in [0.3, 0.4) is 0 Å². The maximum atomic E-state index is 13.4. The highest BCUT2D eigenvalue weighted by Gasteiger charge is 2.62. The second-order valence-corrected chi connectivity index (χ2v) is 8.72. The molecule has 1 aromatic heterocycles. The van der Waals surface area contributed by atoms with Crippen LogP contribution in [0, 0.1) is 0 Å². The van der Waals surface area contributed by atoms with Crippen molar-refractivity contribution in [2.75, 3.05) is 18.4 Å². The van der Waals surface area contributed by atoms with Crippen LogP contribution >= 0.6 is 11.6 Å². The number of carboxylic acids is 2. The predicted molar refractivity (Wildman–Crippen MR) is 129 cm³/mol. The zero-order valence-corrected chi connectivity index (χ0v) is 21.0. The molecule has 0 fully saturated rings. The van der Waals surface area contributed by atoms with Crippen LogP contribution < -0.4 is 15.4 Å². The standard InChI is InChI=1S/C20H21ClF5N3O.C4H6O4/c1-12(19(22,23)20(24,25)26)30-15-5-9-28-14(10-15)11-29-18-16-6-8-27-7-4-13(16)2-3-17(18)21;5-3(6)1-2-4(7)8/h2-3,5,9-10,12,27,29H,4,6-8,11H2,1H3;1-2H2,(H,5,6)(H,7,8). The lowest BCUT2D eigenvalue weighted by molar-refractivity contribution is -0.306. The Morgan fingerprint density at radius 1 is 1.11 bits per heavy atom. The van der Waals surface area contributed by atoms with Gasteiger partial charge in [0.1, 0.15) is 5.75 Å². The molecule has 1 aliphatic rings. The van der Waals surface area contributed by atoms with Crippen molar-refractivity contribution >= 4 is 29.2 Å². The number of halogens is 6. The summed E-state index contributed by atoms with van der Waals surface area (Å²) in [6, 6.07) is 6.36. The first-order chi connectivity index (χ1) is 17.7. The molecule has 1 atom stereocenters. The molecule has 8 nitrogen and oxygen atoms in total. The maximum absolute atomic E-state index is 13.4. The summed E-state index contributed by atoms with van der Waals surface area (Å²) in [5.74, 6) is -7.25. The molecular formula is C24H27ClF5N3O5. The highest BCUT2D eigenvalue weighted by Crippen LogP contribution is 2.39. The van der Waals surface area contributed by atoms with Crippen molar-refractivity contribution in [1.82, 2.24) is 10.3 Å². The second kappa shape index (κ2) is 13.6. The third-order valence-corrected chi connectivity index (χ3v) is 5.79. The lowest BCUT2D eigenvalue weighted by Gasteiger charge is -2.26. The van der Waals surface area contributed by atoms with Crippen LogP contribution in [0.15, 0.2) is 30.5 Å². The van der Waals surface area contributed by atoms with Crippen molar-refractivity contribution in [1.29, 1.82) is 0 Å². The Kier molecular flexibility index (Phi) is 11.1. The number of benzene rings is 1. The third-order valence-electron chi connectivity index (χ3n) is 5.47. The van der Waals surface area contributed by atoms with Crippen LogP contribution in [0.5, 0.6) is 5.75 Å². The monoisotopic (exact) mass is 567 g/mol. The van der Waals surface area contributed by atoms with E-state index in [1.165, 1.54) is 23.9 Å². The number of aromatic nitrogens is 1. The Bertz CT molecular complexity index is 1100. The van der Waals surface area contributed by atoms with Crippen molar-refractivity contribution in [2.45, 2.75) is 57.4 Å². The number of nitrogens with one attached hydrogen (secondary N) is 2. The molecule has 0 bridgehead atoms. The zero-order valence-electron chi connectivity index (χ0n) is 20.2. The van der Waals surface area contributed by atoms with E-state index in [0.717, 1.165) is 37.2 Å². The van der Waals surface area contributed by atoms with E-state index in [1.54, 1.807) is 0 Å². The molecule has 210 valence electrons. The Morgan fingerprint density at radius 2 is 1.74 bits per heavy atom. The summed E-state index contributed by atoms with van der Waals surface area (Å²) in [7, 11) is 0. The third kappa shape index (κ3) is 8.98. The minimum Gasteiger partial charge on any atom is -0.484 e. The van der Waals surface area contributed by atoms with E-state index in [9.17, 15) is 31.5 Å². The van der Waals surface area contributed by atoms with Gasteiger partial charge >= 0.3 is 24.0 Å². The van der Waals surface area contributed by atoms with Crippen LogP contribution in [-0.2, 0) is 29.0 Å². The Labute approximate surface area is 220 Å². The molecule has 2 heterocycles. The topological polar surface area (TPSA) is 121 Å². The molecule has 0 saturated heterocycles. The molecule has 0 radical (unpaired) electrons. The van der Waals surface area contributed by atoms with Crippen molar-refractivity contribution in [3.8, 4) is 5.75 Å². The molecule has 0 aliphatic carbocycles. The van der Waals surface area contributed by atoms with Gasteiger partial charge in [-0.05, 0) is 56.1 Å². The Hall–Kier alpha value is -3.19. The first-order valence-electron chi connectivity index (χ1n) is 11.5.